The molecule has 22 heavy (non-hydrogen) atoms. The van der Waals surface area contributed by atoms with Gasteiger partial charge in [-0.05, 0) is 54.7 Å². The van der Waals surface area contributed by atoms with Crippen LogP contribution >= 0.6 is 22.6 Å². The van der Waals surface area contributed by atoms with Gasteiger partial charge in [-0.2, -0.15) is 0 Å². The molecule has 0 fully saturated rings. The van der Waals surface area contributed by atoms with Gasteiger partial charge in [0.15, 0.2) is 0 Å². The molecular weight excluding hydrogens is 391 g/mol. The molecule has 0 unspecified atom stereocenters. The van der Waals surface area contributed by atoms with E-state index in [0.717, 1.165) is 12.8 Å². The SMILES string of the molecule is CCCCCCCC/C=C/CCCCCCOC(=O)OCI. The van der Waals surface area contributed by atoms with Crippen LogP contribution in [0.1, 0.15) is 84.0 Å². The summed E-state index contributed by atoms with van der Waals surface area (Å²) in [4.78, 5) is 10.9. The van der Waals surface area contributed by atoms with E-state index in [0.29, 0.717) is 11.2 Å². The van der Waals surface area contributed by atoms with Gasteiger partial charge in [0.1, 0.15) is 4.61 Å². The van der Waals surface area contributed by atoms with Crippen molar-refractivity contribution in [3.8, 4) is 0 Å². The van der Waals surface area contributed by atoms with Crippen LogP contribution in [0.4, 0.5) is 4.79 Å². The summed E-state index contributed by atoms with van der Waals surface area (Å²) in [6.07, 6.45) is 19.2. The van der Waals surface area contributed by atoms with Gasteiger partial charge in [0.25, 0.3) is 0 Å². The second kappa shape index (κ2) is 18.8. The summed E-state index contributed by atoms with van der Waals surface area (Å²) in [5, 5.41) is 0. The van der Waals surface area contributed by atoms with Gasteiger partial charge in [-0.1, -0.05) is 64.0 Å². The van der Waals surface area contributed by atoms with Gasteiger partial charge in [0, 0.05) is 0 Å². The molecule has 0 radical (unpaired) electrons. The number of carbonyl (C=O) groups is 1. The van der Waals surface area contributed by atoms with Crippen LogP contribution in [-0.2, 0) is 9.47 Å². The van der Waals surface area contributed by atoms with E-state index in [4.69, 9.17) is 4.74 Å². The van der Waals surface area contributed by atoms with Gasteiger partial charge in [0.2, 0.25) is 0 Å². The first-order chi connectivity index (χ1) is 10.8. The lowest BCUT2D eigenvalue weighted by molar-refractivity contribution is 0.0694. The Morgan fingerprint density at radius 3 is 1.95 bits per heavy atom. The number of carbonyl (C=O) groups excluding carboxylic acids is 1. The van der Waals surface area contributed by atoms with Gasteiger partial charge in [-0.3, -0.25) is 0 Å². The van der Waals surface area contributed by atoms with Crippen molar-refractivity contribution in [3.05, 3.63) is 12.2 Å². The Morgan fingerprint density at radius 2 is 1.36 bits per heavy atom. The summed E-state index contributed by atoms with van der Waals surface area (Å²) < 4.78 is 9.94. The predicted octanol–water partition coefficient (Wildman–Crippen LogP) is 6.79. The molecule has 0 aliphatic carbocycles. The van der Waals surface area contributed by atoms with Crippen molar-refractivity contribution in [1.82, 2.24) is 0 Å². The normalized spacial score (nSPS) is 11.0. The quantitative estimate of drug-likeness (QED) is 0.0955. The molecule has 0 saturated carbocycles. The number of alkyl halides is 1. The molecule has 0 aromatic rings. The van der Waals surface area contributed by atoms with E-state index in [9.17, 15) is 4.79 Å². The van der Waals surface area contributed by atoms with Crippen molar-refractivity contribution >= 4 is 28.7 Å². The number of allylic oxidation sites excluding steroid dienone is 2. The van der Waals surface area contributed by atoms with E-state index in [1.807, 2.05) is 22.6 Å². The number of unbranched alkanes of at least 4 members (excludes halogenated alkanes) is 10. The molecule has 0 amide bonds. The molecule has 0 saturated heterocycles. The van der Waals surface area contributed by atoms with Gasteiger partial charge in [-0.15, -0.1) is 0 Å². The second-order valence-corrected chi connectivity index (χ2v) is 6.21. The Hall–Kier alpha value is -0.260. The molecule has 0 heterocycles. The Labute approximate surface area is 150 Å². The Balaban J connectivity index is 3.12. The minimum Gasteiger partial charge on any atom is -0.434 e. The highest BCUT2D eigenvalue weighted by atomic mass is 127. The highest BCUT2D eigenvalue weighted by Gasteiger charge is 2.00. The third-order valence-electron chi connectivity index (χ3n) is 3.55. The van der Waals surface area contributed by atoms with Crippen molar-refractivity contribution in [2.24, 2.45) is 0 Å². The molecule has 130 valence electrons. The topological polar surface area (TPSA) is 35.5 Å². The molecule has 0 aromatic heterocycles. The third kappa shape index (κ3) is 17.8. The van der Waals surface area contributed by atoms with Crippen molar-refractivity contribution in [2.75, 3.05) is 11.2 Å². The van der Waals surface area contributed by atoms with Crippen molar-refractivity contribution in [2.45, 2.75) is 84.0 Å². The highest BCUT2D eigenvalue weighted by Crippen LogP contribution is 2.08. The molecule has 3 nitrogen and oxygen atoms in total. The fourth-order valence-electron chi connectivity index (χ4n) is 2.24. The maximum absolute atomic E-state index is 10.9. The molecule has 4 heteroatoms. The summed E-state index contributed by atoms with van der Waals surface area (Å²) in [7, 11) is 0. The summed E-state index contributed by atoms with van der Waals surface area (Å²) in [5.74, 6) is 0. The highest BCUT2D eigenvalue weighted by molar-refractivity contribution is 14.1. The van der Waals surface area contributed by atoms with Gasteiger partial charge in [0.05, 0.1) is 6.61 Å². The van der Waals surface area contributed by atoms with Crippen molar-refractivity contribution in [3.63, 3.8) is 0 Å². The average Bonchev–Trinajstić information content (AvgIpc) is 2.51. The zero-order chi connectivity index (χ0) is 16.3. The number of halogens is 1. The lowest BCUT2D eigenvalue weighted by Gasteiger charge is -2.03. The van der Waals surface area contributed by atoms with Crippen LogP contribution in [0, 0.1) is 0 Å². The molecule has 0 aliphatic rings. The van der Waals surface area contributed by atoms with E-state index in [2.05, 4.69) is 23.8 Å². The zero-order valence-electron chi connectivity index (χ0n) is 14.2. The first kappa shape index (κ1) is 21.7. The first-order valence-electron chi connectivity index (χ1n) is 8.81. The summed E-state index contributed by atoms with van der Waals surface area (Å²) in [6.45, 7) is 2.74. The predicted molar refractivity (Wildman–Crippen MR) is 102 cm³/mol. The fraction of sp³-hybridized carbons (Fsp3) is 0.833. The van der Waals surface area contributed by atoms with Crippen LogP contribution in [0.2, 0.25) is 0 Å². The van der Waals surface area contributed by atoms with Crippen LogP contribution < -0.4 is 0 Å². The lowest BCUT2D eigenvalue weighted by Crippen LogP contribution is -2.06. The maximum atomic E-state index is 10.9. The van der Waals surface area contributed by atoms with Gasteiger partial charge in [-0.25, -0.2) is 4.79 Å². The first-order valence-corrected chi connectivity index (χ1v) is 10.3. The molecule has 0 spiro atoms. The zero-order valence-corrected chi connectivity index (χ0v) is 16.3. The largest absolute Gasteiger partial charge is 0.509 e. The summed E-state index contributed by atoms with van der Waals surface area (Å²) in [6, 6.07) is 0. The molecule has 0 bridgehead atoms. The van der Waals surface area contributed by atoms with Gasteiger partial charge < -0.3 is 9.47 Å². The number of hydrogen-bond donors (Lipinski definition) is 0. The third-order valence-corrected chi connectivity index (χ3v) is 3.86. The Bertz CT molecular complexity index is 267. The molecule has 0 atom stereocenters. The average molecular weight is 424 g/mol. The second-order valence-electron chi connectivity index (χ2n) is 5.58. The monoisotopic (exact) mass is 424 g/mol. The van der Waals surface area contributed by atoms with Crippen LogP contribution in [0.25, 0.3) is 0 Å². The maximum Gasteiger partial charge on any atom is 0.509 e. The van der Waals surface area contributed by atoms with Crippen LogP contribution in [0.5, 0.6) is 0 Å². The molecule has 0 rings (SSSR count). The fourth-order valence-corrected chi connectivity index (χ4v) is 2.49. The molecule has 0 aliphatic heterocycles. The number of ether oxygens (including phenoxy) is 2. The Morgan fingerprint density at radius 1 is 0.818 bits per heavy atom. The number of hydrogen-bond acceptors (Lipinski definition) is 3. The standard InChI is InChI=1S/C18H33IO3/c1-2-3-4-5-6-7-8-9-10-11-12-13-14-15-16-21-18(20)22-17-19/h9-10H,2-8,11-17H2,1H3/b10-9+. The van der Waals surface area contributed by atoms with Crippen LogP contribution in [-0.4, -0.2) is 17.4 Å². The Kier molecular flexibility index (Phi) is 18.6. The minimum atomic E-state index is -0.549. The van der Waals surface area contributed by atoms with E-state index in [1.165, 1.54) is 64.2 Å². The van der Waals surface area contributed by atoms with E-state index < -0.39 is 6.16 Å². The van der Waals surface area contributed by atoms with Crippen molar-refractivity contribution < 1.29 is 14.3 Å². The smallest absolute Gasteiger partial charge is 0.434 e. The van der Waals surface area contributed by atoms with Crippen LogP contribution in [0.3, 0.4) is 0 Å². The lowest BCUT2D eigenvalue weighted by atomic mass is 10.1. The van der Waals surface area contributed by atoms with E-state index >= 15 is 0 Å². The van der Waals surface area contributed by atoms with E-state index in [1.54, 1.807) is 0 Å². The molecule has 0 aromatic carbocycles. The van der Waals surface area contributed by atoms with E-state index in [-0.39, 0.29) is 0 Å². The van der Waals surface area contributed by atoms with Crippen molar-refractivity contribution in [1.29, 1.82) is 0 Å². The summed E-state index contributed by atoms with van der Waals surface area (Å²) in [5.41, 5.74) is 0. The van der Waals surface area contributed by atoms with Crippen LogP contribution in [0.15, 0.2) is 12.2 Å². The van der Waals surface area contributed by atoms with Gasteiger partial charge >= 0.3 is 6.16 Å². The minimum absolute atomic E-state index is 0.349. The molecular formula is C18H33IO3. The number of rotatable bonds is 15. The molecule has 0 N–H and O–H groups in total. The summed E-state index contributed by atoms with van der Waals surface area (Å²) >= 11 is 1.98.